The maximum Gasteiger partial charge on any atom is 0.241 e. The number of amides is 1. The van der Waals surface area contributed by atoms with E-state index < -0.39 is 0 Å². The fraction of sp³-hybridized carbons (Fsp3) is 0.737. The predicted octanol–water partition coefficient (Wildman–Crippen LogP) is 1.07. The number of fused-ring (bicyclic) bond motifs is 1. The van der Waals surface area contributed by atoms with Gasteiger partial charge in [-0.2, -0.15) is 0 Å². The minimum absolute atomic E-state index is 0.134. The second-order valence-electron chi connectivity index (χ2n) is 8.85. The smallest absolute Gasteiger partial charge is 0.241 e. The molecule has 4 heterocycles. The molecular weight excluding hydrogens is 328 g/mol. The Labute approximate surface area is 155 Å². The molecule has 1 amide bonds. The minimum atomic E-state index is -0.149. The Morgan fingerprint density at radius 2 is 2.15 bits per heavy atom. The fourth-order valence-corrected chi connectivity index (χ4v) is 4.10. The van der Waals surface area contributed by atoms with E-state index in [1.165, 1.54) is 6.42 Å². The zero-order chi connectivity index (χ0) is 18.3. The summed E-state index contributed by atoms with van der Waals surface area (Å²) >= 11 is 0. The molecule has 1 aromatic heterocycles. The van der Waals surface area contributed by atoms with Gasteiger partial charge in [0.15, 0.2) is 0 Å². The summed E-state index contributed by atoms with van der Waals surface area (Å²) in [6.45, 7) is 8.99. The summed E-state index contributed by atoms with van der Waals surface area (Å²) in [7, 11) is 0. The number of carbonyl (C=O) groups excluding carboxylic acids is 1. The van der Waals surface area contributed by atoms with Crippen molar-refractivity contribution in [2.75, 3.05) is 13.1 Å². The van der Waals surface area contributed by atoms with Gasteiger partial charge in [-0.25, -0.2) is 15.4 Å². The molecule has 0 aliphatic carbocycles. The lowest BCUT2D eigenvalue weighted by Gasteiger charge is -2.30. The van der Waals surface area contributed by atoms with Crippen LogP contribution in [-0.4, -0.2) is 45.9 Å². The van der Waals surface area contributed by atoms with Crippen LogP contribution >= 0.6 is 0 Å². The van der Waals surface area contributed by atoms with Crippen LogP contribution in [0.25, 0.3) is 0 Å². The summed E-state index contributed by atoms with van der Waals surface area (Å²) in [5, 5.41) is 3.46. The number of nitrogens with zero attached hydrogens (tertiary/aromatic N) is 3. The van der Waals surface area contributed by atoms with Crippen LogP contribution in [0.5, 0.6) is 0 Å². The molecule has 7 heteroatoms. The van der Waals surface area contributed by atoms with Gasteiger partial charge in [-0.15, -0.1) is 0 Å². The molecule has 3 aliphatic heterocycles. The van der Waals surface area contributed by atoms with E-state index in [-0.39, 0.29) is 17.4 Å². The van der Waals surface area contributed by atoms with Crippen LogP contribution in [0, 0.1) is 5.41 Å². The van der Waals surface area contributed by atoms with Gasteiger partial charge in [0.05, 0.1) is 11.7 Å². The topological polar surface area (TPSA) is 82.2 Å². The highest BCUT2D eigenvalue weighted by Crippen LogP contribution is 2.27. The van der Waals surface area contributed by atoms with Gasteiger partial charge >= 0.3 is 0 Å². The summed E-state index contributed by atoms with van der Waals surface area (Å²) in [6.07, 6.45) is 5.86. The predicted molar refractivity (Wildman–Crippen MR) is 99.1 cm³/mol. The Morgan fingerprint density at radius 1 is 1.31 bits per heavy atom. The lowest BCUT2D eigenvalue weighted by atomic mass is 9.84. The van der Waals surface area contributed by atoms with Gasteiger partial charge in [0.25, 0.3) is 0 Å². The van der Waals surface area contributed by atoms with Crippen molar-refractivity contribution in [2.45, 2.75) is 71.1 Å². The molecule has 0 aromatic carbocycles. The van der Waals surface area contributed by atoms with E-state index in [0.717, 1.165) is 49.4 Å². The van der Waals surface area contributed by atoms with Crippen molar-refractivity contribution in [3.8, 4) is 0 Å². The van der Waals surface area contributed by atoms with Gasteiger partial charge in [0, 0.05) is 37.3 Å². The Bertz CT molecular complexity index is 679. The van der Waals surface area contributed by atoms with Crippen LogP contribution in [0.15, 0.2) is 6.20 Å². The number of rotatable bonds is 2. The molecule has 3 N–H and O–H groups in total. The van der Waals surface area contributed by atoms with Crippen LogP contribution in [-0.2, 0) is 17.8 Å². The first-order valence-electron chi connectivity index (χ1n) is 9.80. The third-order valence-electron chi connectivity index (χ3n) is 5.88. The first-order valence-corrected chi connectivity index (χ1v) is 9.80. The highest BCUT2D eigenvalue weighted by molar-refractivity contribution is 5.82. The number of hydrogen-bond donors (Lipinski definition) is 3. The Hall–Kier alpha value is -1.57. The molecule has 3 unspecified atom stereocenters. The van der Waals surface area contributed by atoms with Crippen molar-refractivity contribution in [1.82, 2.24) is 31.0 Å². The molecule has 3 atom stereocenters. The molecule has 142 valence electrons. The lowest BCUT2D eigenvalue weighted by Crippen LogP contribution is -2.47. The van der Waals surface area contributed by atoms with E-state index in [1.807, 2.05) is 11.1 Å². The number of hydrogen-bond acceptors (Lipinski definition) is 6. The zero-order valence-corrected chi connectivity index (χ0v) is 16.0. The van der Waals surface area contributed by atoms with E-state index in [4.69, 9.17) is 4.98 Å². The molecule has 2 fully saturated rings. The minimum Gasteiger partial charge on any atom is -0.336 e. The van der Waals surface area contributed by atoms with E-state index in [9.17, 15) is 4.79 Å². The molecule has 0 spiro atoms. The van der Waals surface area contributed by atoms with Gasteiger partial charge in [0.2, 0.25) is 5.91 Å². The van der Waals surface area contributed by atoms with Gasteiger partial charge in [-0.3, -0.25) is 10.2 Å². The van der Waals surface area contributed by atoms with Gasteiger partial charge in [-0.05, 0) is 31.2 Å². The van der Waals surface area contributed by atoms with Gasteiger partial charge in [0.1, 0.15) is 11.9 Å². The molecule has 0 bridgehead atoms. The summed E-state index contributed by atoms with van der Waals surface area (Å²) in [4.78, 5) is 24.2. The van der Waals surface area contributed by atoms with Crippen LogP contribution < -0.4 is 16.2 Å². The summed E-state index contributed by atoms with van der Waals surface area (Å²) in [5.74, 6) is 1.09. The van der Waals surface area contributed by atoms with E-state index in [2.05, 4.69) is 41.9 Å². The van der Waals surface area contributed by atoms with Crippen molar-refractivity contribution in [1.29, 1.82) is 0 Å². The molecule has 7 nitrogen and oxygen atoms in total. The van der Waals surface area contributed by atoms with Crippen molar-refractivity contribution < 1.29 is 4.79 Å². The molecule has 26 heavy (non-hydrogen) atoms. The monoisotopic (exact) mass is 358 g/mol. The highest BCUT2D eigenvalue weighted by Gasteiger charge is 2.38. The quantitative estimate of drug-likeness (QED) is 0.734. The average Bonchev–Trinajstić information content (AvgIpc) is 3.31. The Balaban J connectivity index is 1.41. The Morgan fingerprint density at radius 3 is 2.85 bits per heavy atom. The summed E-state index contributed by atoms with van der Waals surface area (Å²) < 4.78 is 0. The highest BCUT2D eigenvalue weighted by atomic mass is 16.2. The number of carbonyl (C=O) groups is 1. The van der Waals surface area contributed by atoms with Crippen LogP contribution in [0.2, 0.25) is 0 Å². The van der Waals surface area contributed by atoms with E-state index in [0.29, 0.717) is 18.6 Å². The molecule has 2 saturated heterocycles. The maximum absolute atomic E-state index is 12.9. The zero-order valence-electron chi connectivity index (χ0n) is 16.0. The number of aromatic nitrogens is 2. The Kier molecular flexibility index (Phi) is 4.71. The second-order valence-corrected chi connectivity index (χ2v) is 8.85. The average molecular weight is 358 g/mol. The van der Waals surface area contributed by atoms with Crippen LogP contribution in [0.4, 0.5) is 0 Å². The van der Waals surface area contributed by atoms with E-state index >= 15 is 0 Å². The molecular formula is C19H30N6O. The normalized spacial score (nSPS) is 29.0. The molecule has 0 radical (unpaired) electrons. The van der Waals surface area contributed by atoms with Crippen molar-refractivity contribution >= 4 is 5.91 Å². The number of hydrazine groups is 1. The third kappa shape index (κ3) is 3.48. The fourth-order valence-electron chi connectivity index (χ4n) is 4.10. The van der Waals surface area contributed by atoms with Crippen LogP contribution in [0.1, 0.15) is 63.2 Å². The molecule has 4 rings (SSSR count). The standard InChI is InChI=1S/C19H30N6O/c1-19(2,3)16-9-15(23-24-16)18(26)25-8-6-13-12(11-25)10-21-17(22-13)14-5-4-7-20-14/h10,14-16,20,23-24H,4-9,11H2,1-3H3. The molecule has 3 aliphatic rings. The first kappa shape index (κ1) is 17.8. The maximum atomic E-state index is 12.9. The van der Waals surface area contributed by atoms with E-state index in [1.54, 1.807) is 0 Å². The second kappa shape index (κ2) is 6.87. The van der Waals surface area contributed by atoms with Gasteiger partial charge in [-0.1, -0.05) is 20.8 Å². The van der Waals surface area contributed by atoms with Crippen LogP contribution in [0.3, 0.4) is 0 Å². The SMILES string of the molecule is CC(C)(C)C1CC(C(=O)N2CCc3nc(C4CCCN4)ncc3C2)NN1. The van der Waals surface area contributed by atoms with Crippen molar-refractivity contribution in [3.05, 3.63) is 23.3 Å². The first-order chi connectivity index (χ1) is 12.4. The molecule has 0 saturated carbocycles. The third-order valence-corrected chi connectivity index (χ3v) is 5.88. The summed E-state index contributed by atoms with van der Waals surface area (Å²) in [6, 6.07) is 0.449. The number of nitrogens with one attached hydrogen (secondary N) is 3. The van der Waals surface area contributed by atoms with Crippen molar-refractivity contribution in [3.63, 3.8) is 0 Å². The summed E-state index contributed by atoms with van der Waals surface area (Å²) in [5.41, 5.74) is 8.83. The molecule has 1 aromatic rings. The van der Waals surface area contributed by atoms with Crippen molar-refractivity contribution in [2.24, 2.45) is 5.41 Å². The largest absolute Gasteiger partial charge is 0.336 e. The lowest BCUT2D eigenvalue weighted by molar-refractivity contribution is -0.134. The van der Waals surface area contributed by atoms with Gasteiger partial charge < -0.3 is 10.2 Å².